The van der Waals surface area contributed by atoms with E-state index in [1.807, 2.05) is 0 Å². The summed E-state index contributed by atoms with van der Waals surface area (Å²) in [6, 6.07) is 4.94. The number of fused-ring (bicyclic) bond motifs is 1. The molecule has 0 amide bonds. The molecule has 0 saturated heterocycles. The van der Waals surface area contributed by atoms with Crippen LogP contribution in [-0.2, 0) is 0 Å². The van der Waals surface area contributed by atoms with Gasteiger partial charge in [0, 0.05) is 0 Å². The molecule has 1 aliphatic rings. The van der Waals surface area contributed by atoms with Crippen molar-refractivity contribution in [2.24, 2.45) is 0 Å². The van der Waals surface area contributed by atoms with Crippen molar-refractivity contribution in [1.29, 1.82) is 0 Å². The summed E-state index contributed by atoms with van der Waals surface area (Å²) in [5.74, 6) is 0.470. The van der Waals surface area contributed by atoms with Crippen molar-refractivity contribution in [3.05, 3.63) is 23.8 Å². The quantitative estimate of drug-likeness (QED) is 0.715. The first-order valence-corrected chi connectivity index (χ1v) is 13.7. The van der Waals surface area contributed by atoms with Crippen LogP contribution >= 0.6 is 0 Å². The number of benzene rings is 1. The van der Waals surface area contributed by atoms with Crippen LogP contribution in [0.5, 0.6) is 11.5 Å². The van der Waals surface area contributed by atoms with Crippen molar-refractivity contribution in [3.63, 3.8) is 0 Å². The molecule has 110 valence electrons. The fourth-order valence-electron chi connectivity index (χ4n) is 2.45. The number of carbonyl (C=O) groups is 1. The minimum atomic E-state index is -3.06. The molecule has 0 bridgehead atoms. The molecule has 1 aromatic rings. The van der Waals surface area contributed by atoms with Crippen LogP contribution in [0.2, 0.25) is 8.87 Å². The van der Waals surface area contributed by atoms with Gasteiger partial charge in [0.25, 0.3) is 0 Å². The average molecular weight is 385 g/mol. The fourth-order valence-corrected chi connectivity index (χ4v) is 12.8. The number of aromatic carboxylic acids is 1. The number of hydrogen-bond donors (Lipinski definition) is 1. The Hall–Kier alpha value is -0.911. The topological polar surface area (TPSA) is 55.8 Å². The van der Waals surface area contributed by atoms with E-state index in [1.165, 1.54) is 0 Å². The normalized spacial score (nSPS) is 15.3. The molecule has 0 fully saturated rings. The van der Waals surface area contributed by atoms with Gasteiger partial charge in [0.05, 0.1) is 0 Å². The molecule has 0 aliphatic carbocycles. The zero-order chi connectivity index (χ0) is 14.6. The van der Waals surface area contributed by atoms with Crippen LogP contribution in [0.4, 0.5) is 0 Å². The fraction of sp³-hybridized carbons (Fsp3) is 0.533. The van der Waals surface area contributed by atoms with E-state index in [0.717, 1.165) is 40.3 Å². The van der Waals surface area contributed by atoms with Crippen LogP contribution < -0.4 is 6.15 Å². The molecule has 0 aromatic heterocycles. The van der Waals surface area contributed by atoms with Crippen molar-refractivity contribution < 1.29 is 16.0 Å². The summed E-state index contributed by atoms with van der Waals surface area (Å²) in [5, 5.41) is 9.05. The van der Waals surface area contributed by atoms with E-state index < -0.39 is 25.2 Å². The van der Waals surface area contributed by atoms with Gasteiger partial charge in [0.1, 0.15) is 0 Å². The second-order valence-corrected chi connectivity index (χ2v) is 14.5. The Morgan fingerprint density at radius 1 is 1.10 bits per heavy atom. The van der Waals surface area contributed by atoms with Gasteiger partial charge >= 0.3 is 125 Å². The molecular weight excluding hydrogens is 363 g/mol. The second kappa shape index (κ2) is 6.70. The first kappa shape index (κ1) is 15.5. The van der Waals surface area contributed by atoms with Gasteiger partial charge in [-0.25, -0.2) is 0 Å². The van der Waals surface area contributed by atoms with E-state index in [-0.39, 0.29) is 5.56 Å². The van der Waals surface area contributed by atoms with E-state index in [1.54, 1.807) is 18.2 Å². The Balaban J connectivity index is 2.19. The van der Waals surface area contributed by atoms with E-state index >= 15 is 0 Å². The average Bonchev–Trinajstić information content (AvgIpc) is 2.80. The zero-order valence-corrected chi connectivity index (χ0v) is 15.0. The number of carboxylic acid groups (broad SMARTS) is 1. The van der Waals surface area contributed by atoms with Crippen molar-refractivity contribution in [1.82, 2.24) is 0 Å². The summed E-state index contributed by atoms with van der Waals surface area (Å²) in [4.78, 5) is 11.0. The van der Waals surface area contributed by atoms with E-state index in [9.17, 15) is 4.79 Å². The van der Waals surface area contributed by atoms with Gasteiger partial charge in [-0.2, -0.15) is 0 Å². The molecule has 0 atom stereocenters. The van der Waals surface area contributed by atoms with Gasteiger partial charge in [0.2, 0.25) is 0 Å². The molecule has 5 heteroatoms. The molecule has 0 spiro atoms. The third-order valence-corrected chi connectivity index (χ3v) is 13.4. The van der Waals surface area contributed by atoms with Crippen molar-refractivity contribution in [2.75, 3.05) is 0 Å². The van der Waals surface area contributed by atoms with E-state index in [0.29, 0.717) is 5.75 Å². The van der Waals surface area contributed by atoms with Gasteiger partial charge in [0.15, 0.2) is 0 Å². The monoisotopic (exact) mass is 386 g/mol. The summed E-state index contributed by atoms with van der Waals surface area (Å²) >= 11 is -3.06. The summed E-state index contributed by atoms with van der Waals surface area (Å²) < 4.78 is 14.5. The van der Waals surface area contributed by atoms with Crippen LogP contribution in [0.15, 0.2) is 18.2 Å². The number of rotatable bonds is 7. The first-order chi connectivity index (χ1) is 9.60. The van der Waals surface area contributed by atoms with Gasteiger partial charge in [-0.15, -0.1) is 0 Å². The van der Waals surface area contributed by atoms with E-state index in [4.69, 9.17) is 11.3 Å². The molecule has 0 radical (unpaired) electrons. The van der Waals surface area contributed by atoms with Gasteiger partial charge < -0.3 is 0 Å². The SMILES string of the molecule is CCC[CH2][Sn]1([CH2]CCC)[O]c2ccc(C(=O)O)cc2[O]1. The Morgan fingerprint density at radius 3 is 2.25 bits per heavy atom. The number of hydrogen-bond acceptors (Lipinski definition) is 3. The number of carboxylic acids is 1. The summed E-state index contributed by atoms with van der Waals surface area (Å²) in [5.41, 5.74) is 0.264. The van der Waals surface area contributed by atoms with Crippen LogP contribution in [0, 0.1) is 0 Å². The molecule has 20 heavy (non-hydrogen) atoms. The Bertz CT molecular complexity index is 479. The first-order valence-electron chi connectivity index (χ1n) is 7.35. The minimum absolute atomic E-state index is 0.264. The molecule has 1 aliphatic heterocycles. The van der Waals surface area contributed by atoms with Crippen LogP contribution in [-0.4, -0.2) is 30.3 Å². The van der Waals surface area contributed by atoms with Crippen LogP contribution in [0.3, 0.4) is 0 Å². The third-order valence-electron chi connectivity index (χ3n) is 3.61. The number of unbranched alkanes of at least 4 members (excludes halogenated alkanes) is 2. The van der Waals surface area contributed by atoms with Crippen LogP contribution in [0.1, 0.15) is 49.9 Å². The molecule has 0 unspecified atom stereocenters. The molecule has 0 saturated carbocycles. The molecule has 4 nitrogen and oxygen atoms in total. The second-order valence-electron chi connectivity index (χ2n) is 5.29. The van der Waals surface area contributed by atoms with Gasteiger partial charge in [-0.05, 0) is 0 Å². The molecule has 2 rings (SSSR count). The molecule has 1 aromatic carbocycles. The molecule has 1 heterocycles. The summed E-state index contributed by atoms with van der Waals surface area (Å²) in [7, 11) is 0. The van der Waals surface area contributed by atoms with Crippen molar-refractivity contribution in [3.8, 4) is 11.5 Å². The summed E-state index contributed by atoms with van der Waals surface area (Å²) in [6.07, 6.45) is 4.52. The zero-order valence-electron chi connectivity index (χ0n) is 12.1. The summed E-state index contributed by atoms with van der Waals surface area (Å²) in [6.45, 7) is 4.34. The Kier molecular flexibility index (Phi) is 5.18. The van der Waals surface area contributed by atoms with E-state index in [2.05, 4.69) is 13.8 Å². The maximum atomic E-state index is 11.0. The Morgan fingerprint density at radius 2 is 1.70 bits per heavy atom. The standard InChI is InChI=1S/C7H6O4.2C4H9.Sn/c8-5-2-1-4(7(10)11)3-6(5)9;2*1-3-4-2;/h1-3,8-9H,(H,10,11);2*1,3-4H2,2H3;/q;;;+2/p-2. The third kappa shape index (κ3) is 3.40. The molecular formula is C15H22O4Sn. The van der Waals surface area contributed by atoms with Crippen LogP contribution in [0.25, 0.3) is 0 Å². The van der Waals surface area contributed by atoms with Crippen molar-refractivity contribution >= 4 is 25.2 Å². The van der Waals surface area contributed by atoms with Crippen molar-refractivity contribution in [2.45, 2.75) is 48.4 Å². The predicted octanol–water partition coefficient (Wildman–Crippen LogP) is 4.20. The predicted molar refractivity (Wildman–Crippen MR) is 79.8 cm³/mol. The van der Waals surface area contributed by atoms with Gasteiger partial charge in [-0.1, -0.05) is 0 Å². The molecule has 1 N–H and O–H groups in total. The van der Waals surface area contributed by atoms with Gasteiger partial charge in [-0.3, -0.25) is 0 Å². The maximum absolute atomic E-state index is 11.0. The Labute approximate surface area is 125 Å².